The van der Waals surface area contributed by atoms with Crippen molar-refractivity contribution < 1.29 is 4.79 Å². The van der Waals surface area contributed by atoms with Gasteiger partial charge in [-0.2, -0.15) is 5.26 Å². The minimum Gasteiger partial charge on any atom is -0.388 e. The van der Waals surface area contributed by atoms with E-state index in [1.54, 1.807) is 0 Å². The molecule has 0 aromatic carbocycles. The second kappa shape index (κ2) is 8.13. The monoisotopic (exact) mass is 229 g/mol. The molecule has 2 N–H and O–H groups in total. The Hall–Kier alpha value is -1.21. The van der Waals surface area contributed by atoms with E-state index in [2.05, 4.69) is 10.6 Å². The van der Waals surface area contributed by atoms with Gasteiger partial charge >= 0.3 is 0 Å². The number of carbonyl (C=O) groups excluding carboxylic acids is 1. The highest BCUT2D eigenvalue weighted by atomic mass is 35.5. The van der Waals surface area contributed by atoms with Crippen LogP contribution in [0.3, 0.4) is 0 Å². The Labute approximate surface area is 95.3 Å². The average Bonchev–Trinajstić information content (AvgIpc) is 2.21. The average molecular weight is 230 g/mol. The highest BCUT2D eigenvalue weighted by Gasteiger charge is 2.08. The molecule has 0 unspecified atom stereocenters. The molecular weight excluding hydrogens is 214 g/mol. The molecule has 15 heavy (non-hydrogen) atoms. The van der Waals surface area contributed by atoms with Gasteiger partial charge in [-0.25, -0.2) is 0 Å². The molecule has 0 heterocycles. The van der Waals surface area contributed by atoms with Crippen LogP contribution >= 0.6 is 11.6 Å². The molecule has 1 amide bonds. The molecule has 0 aromatic rings. The van der Waals surface area contributed by atoms with E-state index in [1.807, 2.05) is 19.9 Å². The van der Waals surface area contributed by atoms with E-state index in [4.69, 9.17) is 16.9 Å². The van der Waals surface area contributed by atoms with Crippen molar-refractivity contribution in [3.63, 3.8) is 0 Å². The second-order valence-electron chi connectivity index (χ2n) is 3.42. The summed E-state index contributed by atoms with van der Waals surface area (Å²) in [6.45, 7) is 5.07. The molecule has 84 valence electrons. The van der Waals surface area contributed by atoms with Gasteiger partial charge in [-0.05, 0) is 5.92 Å². The van der Waals surface area contributed by atoms with Gasteiger partial charge in [-0.15, -0.1) is 11.6 Å². The summed E-state index contributed by atoms with van der Waals surface area (Å²) < 4.78 is 0. The fraction of sp³-hybridized carbons (Fsp3) is 0.600. The predicted molar refractivity (Wildman–Crippen MR) is 60.3 cm³/mol. The maximum atomic E-state index is 11.4. The van der Waals surface area contributed by atoms with Gasteiger partial charge < -0.3 is 10.6 Å². The van der Waals surface area contributed by atoms with E-state index < -0.39 is 0 Å². The Morgan fingerprint density at radius 2 is 2.27 bits per heavy atom. The molecule has 0 saturated heterocycles. The summed E-state index contributed by atoms with van der Waals surface area (Å²) in [7, 11) is 0. The molecule has 0 bridgehead atoms. The number of carbonyl (C=O) groups is 1. The van der Waals surface area contributed by atoms with E-state index in [0.717, 1.165) is 0 Å². The number of nitrogens with zero attached hydrogens (tertiary/aromatic N) is 1. The van der Waals surface area contributed by atoms with E-state index in [0.29, 0.717) is 24.9 Å². The van der Waals surface area contributed by atoms with Gasteiger partial charge in [0.15, 0.2) is 0 Å². The van der Waals surface area contributed by atoms with Crippen LogP contribution in [0.2, 0.25) is 0 Å². The number of nitrogens with one attached hydrogen (secondary N) is 2. The first-order valence-corrected chi connectivity index (χ1v) is 5.33. The van der Waals surface area contributed by atoms with Crippen LogP contribution in [0.25, 0.3) is 0 Å². The highest BCUT2D eigenvalue weighted by Crippen LogP contribution is 1.93. The van der Waals surface area contributed by atoms with Crippen LogP contribution in [-0.2, 0) is 4.79 Å². The van der Waals surface area contributed by atoms with Crippen LogP contribution in [0.4, 0.5) is 0 Å². The first kappa shape index (κ1) is 13.8. The summed E-state index contributed by atoms with van der Waals surface area (Å²) >= 11 is 5.44. The van der Waals surface area contributed by atoms with Gasteiger partial charge in [0.2, 0.25) is 0 Å². The summed E-state index contributed by atoms with van der Waals surface area (Å²) in [5, 5.41) is 14.1. The Bertz CT molecular complexity index is 268. The van der Waals surface area contributed by atoms with E-state index >= 15 is 0 Å². The third-order valence-electron chi connectivity index (χ3n) is 1.52. The maximum absolute atomic E-state index is 11.4. The number of nitriles is 1. The van der Waals surface area contributed by atoms with Gasteiger partial charge in [-0.1, -0.05) is 13.8 Å². The third kappa shape index (κ3) is 6.81. The lowest BCUT2D eigenvalue weighted by atomic mass is 10.2. The molecule has 0 fully saturated rings. The summed E-state index contributed by atoms with van der Waals surface area (Å²) in [6.07, 6.45) is 1.39. The minimum atomic E-state index is -0.353. The zero-order valence-corrected chi connectivity index (χ0v) is 9.77. The lowest BCUT2D eigenvalue weighted by Gasteiger charge is -2.06. The fourth-order valence-corrected chi connectivity index (χ4v) is 0.879. The van der Waals surface area contributed by atoms with Crippen molar-refractivity contribution in [2.75, 3.05) is 19.0 Å². The van der Waals surface area contributed by atoms with Crippen molar-refractivity contribution in [2.45, 2.75) is 13.8 Å². The molecule has 0 rings (SSSR count). The lowest BCUT2D eigenvalue weighted by molar-refractivity contribution is -0.117. The number of hydrogen-bond acceptors (Lipinski definition) is 3. The maximum Gasteiger partial charge on any atom is 0.263 e. The molecule has 0 aliphatic carbocycles. The molecule has 5 heteroatoms. The lowest BCUT2D eigenvalue weighted by Crippen LogP contribution is -2.29. The SMILES string of the molecule is CC(C)CNC(=O)/C(C#N)=C\NCCCl. The van der Waals surface area contributed by atoms with Gasteiger partial charge in [0.1, 0.15) is 11.6 Å². The first-order chi connectivity index (χ1) is 7.11. The topological polar surface area (TPSA) is 64.9 Å². The molecule has 0 radical (unpaired) electrons. The van der Waals surface area contributed by atoms with Gasteiger partial charge in [0.25, 0.3) is 5.91 Å². The molecule has 4 nitrogen and oxygen atoms in total. The quantitative estimate of drug-likeness (QED) is 0.309. The summed E-state index contributed by atoms with van der Waals surface area (Å²) in [4.78, 5) is 11.4. The Morgan fingerprint density at radius 1 is 1.60 bits per heavy atom. The van der Waals surface area contributed by atoms with Crippen molar-refractivity contribution in [2.24, 2.45) is 5.92 Å². The van der Waals surface area contributed by atoms with Crippen molar-refractivity contribution in [3.05, 3.63) is 11.8 Å². The van der Waals surface area contributed by atoms with Gasteiger partial charge in [0.05, 0.1) is 0 Å². The van der Waals surface area contributed by atoms with Crippen LogP contribution in [0, 0.1) is 17.2 Å². The second-order valence-corrected chi connectivity index (χ2v) is 3.79. The number of rotatable bonds is 6. The third-order valence-corrected chi connectivity index (χ3v) is 1.71. The van der Waals surface area contributed by atoms with Crippen LogP contribution in [0.15, 0.2) is 11.8 Å². The fourth-order valence-electron chi connectivity index (χ4n) is 0.769. The molecule has 0 saturated carbocycles. The van der Waals surface area contributed by atoms with E-state index in [9.17, 15) is 4.79 Å². The molecule has 0 aromatic heterocycles. The Balaban J connectivity index is 4.11. The molecule has 0 atom stereocenters. The zero-order chi connectivity index (χ0) is 11.7. The number of alkyl halides is 1. The molecule has 0 spiro atoms. The van der Waals surface area contributed by atoms with Gasteiger partial charge in [-0.3, -0.25) is 4.79 Å². The Morgan fingerprint density at radius 3 is 2.73 bits per heavy atom. The van der Waals surface area contributed by atoms with Crippen LogP contribution < -0.4 is 10.6 Å². The largest absolute Gasteiger partial charge is 0.388 e. The van der Waals surface area contributed by atoms with Crippen molar-refractivity contribution >= 4 is 17.5 Å². The van der Waals surface area contributed by atoms with Crippen molar-refractivity contribution in [1.82, 2.24) is 10.6 Å². The Kier molecular flexibility index (Phi) is 7.47. The normalized spacial score (nSPS) is 11.0. The van der Waals surface area contributed by atoms with E-state index in [-0.39, 0.29) is 11.5 Å². The predicted octanol–water partition coefficient (Wildman–Crippen LogP) is 0.994. The summed E-state index contributed by atoms with van der Waals surface area (Å²) in [5.74, 6) is 0.445. The molecule has 0 aliphatic rings. The van der Waals surface area contributed by atoms with Crippen LogP contribution in [0.1, 0.15) is 13.8 Å². The first-order valence-electron chi connectivity index (χ1n) is 4.79. The summed E-state index contributed by atoms with van der Waals surface area (Å²) in [5.41, 5.74) is 0.0702. The van der Waals surface area contributed by atoms with Crippen LogP contribution in [0.5, 0.6) is 0 Å². The van der Waals surface area contributed by atoms with Crippen LogP contribution in [-0.4, -0.2) is 24.9 Å². The zero-order valence-electron chi connectivity index (χ0n) is 9.01. The van der Waals surface area contributed by atoms with Crippen molar-refractivity contribution in [1.29, 1.82) is 5.26 Å². The smallest absolute Gasteiger partial charge is 0.263 e. The molecular formula is C10H16ClN3O. The standard InChI is InChI=1S/C10H16ClN3O/c1-8(2)6-14-10(15)9(5-12)7-13-4-3-11/h7-8,13H,3-4,6H2,1-2H3,(H,14,15)/b9-7-. The minimum absolute atomic E-state index is 0.0702. The number of amides is 1. The number of halogens is 1. The highest BCUT2D eigenvalue weighted by molar-refractivity contribution is 6.18. The van der Waals surface area contributed by atoms with Crippen molar-refractivity contribution in [3.8, 4) is 6.07 Å². The molecule has 0 aliphatic heterocycles. The summed E-state index contributed by atoms with van der Waals surface area (Å²) in [6, 6.07) is 1.83. The van der Waals surface area contributed by atoms with E-state index in [1.165, 1.54) is 6.20 Å². The number of hydrogen-bond donors (Lipinski definition) is 2. The van der Waals surface area contributed by atoms with Gasteiger partial charge in [0, 0.05) is 25.2 Å².